The minimum Gasteiger partial charge on any atom is -0.497 e. The molecule has 0 bridgehead atoms. The number of anilines is 1. The molecule has 0 aliphatic heterocycles. The van der Waals surface area contributed by atoms with Gasteiger partial charge in [0.05, 0.1) is 25.3 Å². The third kappa shape index (κ3) is 5.56. The number of amides is 2. The molecule has 0 saturated carbocycles. The summed E-state index contributed by atoms with van der Waals surface area (Å²) >= 11 is 7.57. The summed E-state index contributed by atoms with van der Waals surface area (Å²) in [6.45, 7) is 1.41. The van der Waals surface area contributed by atoms with Gasteiger partial charge in [0.25, 0.3) is 0 Å². The number of carbonyl (C=O) groups is 2. The van der Waals surface area contributed by atoms with Gasteiger partial charge in [0, 0.05) is 22.9 Å². The lowest BCUT2D eigenvalue weighted by Crippen LogP contribution is -2.30. The largest absolute Gasteiger partial charge is 0.497 e. The van der Waals surface area contributed by atoms with Gasteiger partial charge in [-0.3, -0.25) is 9.59 Å². The summed E-state index contributed by atoms with van der Waals surface area (Å²) in [5, 5.41) is 8.43. The van der Waals surface area contributed by atoms with Gasteiger partial charge in [-0.15, -0.1) is 11.3 Å². The van der Waals surface area contributed by atoms with Crippen molar-refractivity contribution in [3.63, 3.8) is 0 Å². The molecule has 0 aliphatic rings. The van der Waals surface area contributed by atoms with Gasteiger partial charge >= 0.3 is 0 Å². The second-order valence-corrected chi connectivity index (χ2v) is 7.56. The van der Waals surface area contributed by atoms with E-state index in [9.17, 15) is 9.59 Å². The summed E-state index contributed by atoms with van der Waals surface area (Å²) in [6.07, 6.45) is 0.0424. The molecule has 29 heavy (non-hydrogen) atoms. The Morgan fingerprint density at radius 1 is 1.17 bits per heavy atom. The molecule has 0 aliphatic carbocycles. The van der Waals surface area contributed by atoms with Crippen molar-refractivity contribution in [3.05, 3.63) is 64.5 Å². The normalized spacial score (nSPS) is 11.6. The monoisotopic (exact) mass is 429 g/mol. The Kier molecular flexibility index (Phi) is 6.85. The van der Waals surface area contributed by atoms with Crippen LogP contribution in [-0.4, -0.2) is 23.9 Å². The van der Waals surface area contributed by atoms with Gasteiger partial charge in [-0.05, 0) is 35.9 Å². The van der Waals surface area contributed by atoms with Crippen molar-refractivity contribution in [2.24, 2.45) is 0 Å². The predicted molar refractivity (Wildman–Crippen MR) is 115 cm³/mol. The lowest BCUT2D eigenvalue weighted by Gasteiger charge is -2.18. The summed E-state index contributed by atoms with van der Waals surface area (Å²) in [6, 6.07) is 14.1. The Balaban J connectivity index is 1.69. The first-order valence-electron chi connectivity index (χ1n) is 8.87. The van der Waals surface area contributed by atoms with E-state index in [1.807, 2.05) is 35.7 Å². The number of hydrogen-bond donors (Lipinski definition) is 2. The number of methoxy groups -OCH3 is 1. The van der Waals surface area contributed by atoms with Crippen LogP contribution in [0.4, 0.5) is 5.13 Å². The van der Waals surface area contributed by atoms with E-state index in [0.717, 1.165) is 17.0 Å². The van der Waals surface area contributed by atoms with Gasteiger partial charge in [-0.2, -0.15) is 0 Å². The zero-order valence-corrected chi connectivity index (χ0v) is 17.5. The van der Waals surface area contributed by atoms with Crippen molar-refractivity contribution in [1.29, 1.82) is 0 Å². The SMILES string of the molecule is COc1ccc(-c2csc(NC(=O)C[C@H](NC(C)=O)c3ccccc3Cl)n2)cc1. The fourth-order valence-electron chi connectivity index (χ4n) is 2.82. The van der Waals surface area contributed by atoms with E-state index in [0.29, 0.717) is 15.7 Å². The highest BCUT2D eigenvalue weighted by molar-refractivity contribution is 7.14. The van der Waals surface area contributed by atoms with Crippen LogP contribution in [0.3, 0.4) is 0 Å². The van der Waals surface area contributed by atoms with Gasteiger partial charge in [0.15, 0.2) is 5.13 Å². The molecular weight excluding hydrogens is 410 g/mol. The number of ether oxygens (including phenoxy) is 1. The fraction of sp³-hybridized carbons (Fsp3) is 0.190. The molecule has 1 atom stereocenters. The number of halogens is 1. The minimum absolute atomic E-state index is 0.0424. The number of benzene rings is 2. The van der Waals surface area contributed by atoms with Gasteiger partial charge in [-0.25, -0.2) is 4.98 Å². The number of nitrogens with one attached hydrogen (secondary N) is 2. The Hall–Kier alpha value is -2.90. The summed E-state index contributed by atoms with van der Waals surface area (Å²) in [5.74, 6) is 0.263. The summed E-state index contributed by atoms with van der Waals surface area (Å²) in [7, 11) is 1.61. The molecule has 0 spiro atoms. The zero-order valence-electron chi connectivity index (χ0n) is 15.9. The van der Waals surface area contributed by atoms with Gasteiger partial charge in [-0.1, -0.05) is 29.8 Å². The Morgan fingerprint density at radius 3 is 2.55 bits per heavy atom. The molecule has 0 radical (unpaired) electrons. The number of rotatable bonds is 7. The molecule has 0 fully saturated rings. The molecule has 2 amide bonds. The Morgan fingerprint density at radius 2 is 1.90 bits per heavy atom. The van der Waals surface area contributed by atoms with E-state index in [4.69, 9.17) is 16.3 Å². The van der Waals surface area contributed by atoms with Crippen LogP contribution in [-0.2, 0) is 9.59 Å². The maximum Gasteiger partial charge on any atom is 0.228 e. The highest BCUT2D eigenvalue weighted by Gasteiger charge is 2.20. The van der Waals surface area contributed by atoms with E-state index in [2.05, 4.69) is 15.6 Å². The second-order valence-electron chi connectivity index (χ2n) is 6.29. The number of nitrogens with zero attached hydrogens (tertiary/aromatic N) is 1. The Labute approximate surface area is 177 Å². The Bertz CT molecular complexity index is 1000. The lowest BCUT2D eigenvalue weighted by atomic mass is 10.0. The first kappa shape index (κ1) is 20.8. The zero-order chi connectivity index (χ0) is 20.8. The molecule has 2 N–H and O–H groups in total. The minimum atomic E-state index is -0.526. The molecule has 6 nitrogen and oxygen atoms in total. The van der Waals surface area contributed by atoms with Crippen molar-refractivity contribution in [2.75, 3.05) is 12.4 Å². The van der Waals surface area contributed by atoms with Crippen LogP contribution >= 0.6 is 22.9 Å². The van der Waals surface area contributed by atoms with Crippen LogP contribution in [0.2, 0.25) is 5.02 Å². The van der Waals surface area contributed by atoms with Crippen LogP contribution < -0.4 is 15.4 Å². The molecule has 3 rings (SSSR count). The van der Waals surface area contributed by atoms with Gasteiger partial charge in [0.2, 0.25) is 11.8 Å². The van der Waals surface area contributed by atoms with Crippen LogP contribution in [0, 0.1) is 0 Å². The van der Waals surface area contributed by atoms with E-state index >= 15 is 0 Å². The van der Waals surface area contributed by atoms with E-state index in [1.54, 1.807) is 25.3 Å². The molecule has 1 aromatic heterocycles. The number of thiazole rings is 1. The van der Waals surface area contributed by atoms with Crippen LogP contribution in [0.15, 0.2) is 53.9 Å². The summed E-state index contributed by atoms with van der Waals surface area (Å²) < 4.78 is 5.16. The maximum absolute atomic E-state index is 12.6. The van der Waals surface area contributed by atoms with Crippen LogP contribution in [0.5, 0.6) is 5.75 Å². The molecular formula is C21H20ClN3O3S. The third-order valence-corrected chi connectivity index (χ3v) is 5.29. The average molecular weight is 430 g/mol. The highest BCUT2D eigenvalue weighted by atomic mass is 35.5. The van der Waals surface area contributed by atoms with Crippen molar-refractivity contribution in [3.8, 4) is 17.0 Å². The van der Waals surface area contributed by atoms with E-state index in [-0.39, 0.29) is 18.2 Å². The average Bonchev–Trinajstić information content (AvgIpc) is 3.16. The smallest absolute Gasteiger partial charge is 0.228 e. The molecule has 0 saturated heterocycles. The van der Waals surface area contributed by atoms with Crippen molar-refractivity contribution in [2.45, 2.75) is 19.4 Å². The number of hydrogen-bond acceptors (Lipinski definition) is 5. The van der Waals surface area contributed by atoms with Crippen molar-refractivity contribution in [1.82, 2.24) is 10.3 Å². The standard InChI is InChI=1S/C21H20ClN3O3S/c1-13(26)23-18(16-5-3-4-6-17(16)22)11-20(27)25-21-24-19(12-29-21)14-7-9-15(28-2)10-8-14/h3-10,12,18H,11H2,1-2H3,(H,23,26)(H,24,25,27)/t18-/m0/s1. The van der Waals surface area contributed by atoms with Gasteiger partial charge < -0.3 is 15.4 Å². The highest BCUT2D eigenvalue weighted by Crippen LogP contribution is 2.28. The molecule has 1 heterocycles. The number of carbonyl (C=O) groups excluding carboxylic acids is 2. The molecule has 0 unspecified atom stereocenters. The summed E-state index contributed by atoms with van der Waals surface area (Å²) in [4.78, 5) is 28.6. The van der Waals surface area contributed by atoms with Crippen molar-refractivity contribution < 1.29 is 14.3 Å². The number of aromatic nitrogens is 1. The first-order chi connectivity index (χ1) is 14.0. The van der Waals surface area contributed by atoms with Crippen LogP contribution in [0.1, 0.15) is 24.9 Å². The molecule has 150 valence electrons. The fourth-order valence-corrected chi connectivity index (χ4v) is 3.83. The molecule has 8 heteroatoms. The summed E-state index contributed by atoms with van der Waals surface area (Å²) in [5.41, 5.74) is 2.38. The van der Waals surface area contributed by atoms with Gasteiger partial charge in [0.1, 0.15) is 5.75 Å². The van der Waals surface area contributed by atoms with Crippen molar-refractivity contribution >= 4 is 39.9 Å². The van der Waals surface area contributed by atoms with Crippen LogP contribution in [0.25, 0.3) is 11.3 Å². The second kappa shape index (κ2) is 9.54. The maximum atomic E-state index is 12.6. The topological polar surface area (TPSA) is 80.3 Å². The predicted octanol–water partition coefficient (Wildman–Crippen LogP) is 4.68. The quantitative estimate of drug-likeness (QED) is 0.571. The first-order valence-corrected chi connectivity index (χ1v) is 10.1. The lowest BCUT2D eigenvalue weighted by molar-refractivity contribution is -0.120. The molecule has 3 aromatic rings. The third-order valence-electron chi connectivity index (χ3n) is 4.18. The molecule has 2 aromatic carbocycles. The van der Waals surface area contributed by atoms with E-state index < -0.39 is 6.04 Å². The van der Waals surface area contributed by atoms with E-state index in [1.165, 1.54) is 18.3 Å².